The van der Waals surface area contributed by atoms with Gasteiger partial charge in [-0.15, -0.1) is 0 Å². The first-order valence-corrected chi connectivity index (χ1v) is 7.59. The van der Waals surface area contributed by atoms with E-state index >= 15 is 0 Å². The molecule has 1 aromatic carbocycles. The van der Waals surface area contributed by atoms with Crippen molar-refractivity contribution in [3.05, 3.63) is 60.4 Å². The van der Waals surface area contributed by atoms with E-state index in [1.54, 1.807) is 0 Å². The Hall–Kier alpha value is -2.13. The van der Waals surface area contributed by atoms with Crippen molar-refractivity contribution < 1.29 is 0 Å². The van der Waals surface area contributed by atoms with Crippen LogP contribution < -0.4 is 5.32 Å². The summed E-state index contributed by atoms with van der Waals surface area (Å²) in [6.07, 6.45) is 4.95. The maximum absolute atomic E-state index is 4.36. The van der Waals surface area contributed by atoms with E-state index in [2.05, 4.69) is 64.9 Å². The number of benzene rings is 1. The van der Waals surface area contributed by atoms with Gasteiger partial charge in [0.05, 0.1) is 5.69 Å². The number of nitrogens with zero attached hydrogens (tertiary/aromatic N) is 2. The van der Waals surface area contributed by atoms with Gasteiger partial charge in [-0.05, 0) is 42.3 Å². The molecule has 1 unspecified atom stereocenters. The molecule has 0 aliphatic heterocycles. The van der Waals surface area contributed by atoms with E-state index in [4.69, 9.17) is 0 Å². The first-order valence-electron chi connectivity index (χ1n) is 7.59. The number of rotatable bonds is 5. The van der Waals surface area contributed by atoms with E-state index in [-0.39, 0.29) is 0 Å². The number of pyridine rings is 1. The minimum absolute atomic E-state index is 0.414. The van der Waals surface area contributed by atoms with Gasteiger partial charge in [0.15, 0.2) is 0 Å². The summed E-state index contributed by atoms with van der Waals surface area (Å²) in [5, 5.41) is 3.54. The molecule has 3 rings (SSSR count). The van der Waals surface area contributed by atoms with Crippen molar-refractivity contribution in [1.29, 1.82) is 0 Å². The van der Waals surface area contributed by atoms with E-state index in [0.717, 1.165) is 18.6 Å². The smallest absolute Gasteiger partial charge is 0.137 e. The predicted molar refractivity (Wildman–Crippen MR) is 87.3 cm³/mol. The monoisotopic (exact) mass is 279 g/mol. The molecular formula is C18H21N3. The number of hydrogen-bond acceptors (Lipinski definition) is 2. The zero-order valence-corrected chi connectivity index (χ0v) is 12.6. The van der Waals surface area contributed by atoms with Crippen molar-refractivity contribution >= 4 is 5.65 Å². The topological polar surface area (TPSA) is 29.3 Å². The second kappa shape index (κ2) is 6.10. The Morgan fingerprint density at radius 3 is 2.81 bits per heavy atom. The molecule has 3 aromatic rings. The summed E-state index contributed by atoms with van der Waals surface area (Å²) in [4.78, 5) is 4.36. The van der Waals surface area contributed by atoms with Gasteiger partial charge in [-0.2, -0.15) is 0 Å². The van der Waals surface area contributed by atoms with Gasteiger partial charge in [-0.3, -0.25) is 4.40 Å². The van der Waals surface area contributed by atoms with Crippen LogP contribution in [0.2, 0.25) is 0 Å². The summed E-state index contributed by atoms with van der Waals surface area (Å²) in [6.45, 7) is 5.36. The summed E-state index contributed by atoms with van der Waals surface area (Å²) in [7, 11) is 0. The van der Waals surface area contributed by atoms with Gasteiger partial charge < -0.3 is 5.32 Å². The zero-order chi connectivity index (χ0) is 14.7. The van der Waals surface area contributed by atoms with Crippen LogP contribution in [-0.2, 0) is 0 Å². The van der Waals surface area contributed by atoms with Crippen molar-refractivity contribution in [2.45, 2.75) is 26.3 Å². The van der Waals surface area contributed by atoms with Crippen LogP contribution in [0.5, 0.6) is 0 Å². The highest BCUT2D eigenvalue weighted by molar-refractivity contribution is 5.64. The average Bonchev–Trinajstić information content (AvgIpc) is 3.01. The fraction of sp³-hybridized carbons (Fsp3) is 0.278. The van der Waals surface area contributed by atoms with Crippen molar-refractivity contribution in [2.24, 2.45) is 0 Å². The van der Waals surface area contributed by atoms with Gasteiger partial charge in [0, 0.05) is 18.4 Å². The lowest BCUT2D eigenvalue weighted by Gasteiger charge is -2.17. The summed E-state index contributed by atoms with van der Waals surface area (Å²) in [5.41, 5.74) is 4.73. The maximum Gasteiger partial charge on any atom is 0.137 e. The molecule has 1 N–H and O–H groups in total. The first-order chi connectivity index (χ1) is 10.3. The summed E-state index contributed by atoms with van der Waals surface area (Å²) >= 11 is 0. The van der Waals surface area contributed by atoms with Crippen molar-refractivity contribution in [3.63, 3.8) is 0 Å². The van der Waals surface area contributed by atoms with Crippen LogP contribution in [0, 0.1) is 0 Å². The molecular weight excluding hydrogens is 258 g/mol. The lowest BCUT2D eigenvalue weighted by atomic mass is 10.0. The van der Waals surface area contributed by atoms with Gasteiger partial charge in [0.2, 0.25) is 0 Å². The molecule has 108 valence electrons. The molecule has 0 bridgehead atoms. The van der Waals surface area contributed by atoms with Crippen LogP contribution >= 0.6 is 0 Å². The van der Waals surface area contributed by atoms with Gasteiger partial charge in [-0.1, -0.05) is 38.1 Å². The van der Waals surface area contributed by atoms with Crippen LogP contribution in [0.4, 0.5) is 0 Å². The first kappa shape index (κ1) is 13.8. The standard InChI is InChI=1S/C18H21N3/c1-3-16(19-4-2)14-7-5-8-15(13-14)17-9-6-10-18-20-11-12-21(17)18/h5-13,16,19H,3-4H2,1-2H3. The molecule has 21 heavy (non-hydrogen) atoms. The van der Waals surface area contributed by atoms with Crippen LogP contribution in [-0.4, -0.2) is 15.9 Å². The minimum Gasteiger partial charge on any atom is -0.310 e. The third-order valence-electron chi connectivity index (χ3n) is 3.87. The molecule has 0 fully saturated rings. The molecule has 2 aromatic heterocycles. The highest BCUT2D eigenvalue weighted by atomic mass is 15.0. The average molecular weight is 279 g/mol. The zero-order valence-electron chi connectivity index (χ0n) is 12.6. The third kappa shape index (κ3) is 2.69. The Kier molecular flexibility index (Phi) is 4.02. The van der Waals surface area contributed by atoms with Crippen LogP contribution in [0.25, 0.3) is 16.9 Å². The molecule has 1 atom stereocenters. The van der Waals surface area contributed by atoms with E-state index in [1.807, 2.05) is 18.5 Å². The SMILES string of the molecule is CCNC(CC)c1cccc(-c2cccc3nccn23)c1. The Balaban J connectivity index is 2.05. The summed E-state index contributed by atoms with van der Waals surface area (Å²) < 4.78 is 2.13. The number of imidazole rings is 1. The molecule has 0 spiro atoms. The van der Waals surface area contributed by atoms with E-state index in [1.165, 1.54) is 16.8 Å². The fourth-order valence-electron chi connectivity index (χ4n) is 2.84. The Bertz CT molecular complexity index is 730. The van der Waals surface area contributed by atoms with Crippen LogP contribution in [0.1, 0.15) is 31.9 Å². The molecule has 0 radical (unpaired) electrons. The van der Waals surface area contributed by atoms with E-state index in [0.29, 0.717) is 6.04 Å². The van der Waals surface area contributed by atoms with E-state index in [9.17, 15) is 0 Å². The number of hydrogen-bond donors (Lipinski definition) is 1. The van der Waals surface area contributed by atoms with Crippen molar-refractivity contribution in [1.82, 2.24) is 14.7 Å². The van der Waals surface area contributed by atoms with Crippen molar-refractivity contribution in [3.8, 4) is 11.3 Å². The van der Waals surface area contributed by atoms with Crippen molar-refractivity contribution in [2.75, 3.05) is 6.54 Å². The molecule has 3 heteroatoms. The Morgan fingerprint density at radius 2 is 2.00 bits per heavy atom. The second-order valence-electron chi connectivity index (χ2n) is 5.21. The number of fused-ring (bicyclic) bond motifs is 1. The number of aromatic nitrogens is 2. The lowest BCUT2D eigenvalue weighted by Crippen LogP contribution is -2.19. The largest absolute Gasteiger partial charge is 0.310 e. The quantitative estimate of drug-likeness (QED) is 0.763. The lowest BCUT2D eigenvalue weighted by molar-refractivity contribution is 0.537. The van der Waals surface area contributed by atoms with E-state index < -0.39 is 0 Å². The molecule has 0 saturated carbocycles. The molecule has 0 aliphatic carbocycles. The molecule has 0 aliphatic rings. The Labute approximate surface area is 125 Å². The van der Waals surface area contributed by atoms with Crippen LogP contribution in [0.3, 0.4) is 0 Å². The van der Waals surface area contributed by atoms with Gasteiger partial charge in [0.25, 0.3) is 0 Å². The third-order valence-corrected chi connectivity index (χ3v) is 3.87. The molecule has 2 heterocycles. The molecule has 3 nitrogen and oxygen atoms in total. The van der Waals surface area contributed by atoms with Gasteiger partial charge in [0.1, 0.15) is 5.65 Å². The summed E-state index contributed by atoms with van der Waals surface area (Å²) in [5.74, 6) is 0. The maximum atomic E-state index is 4.36. The second-order valence-corrected chi connectivity index (χ2v) is 5.21. The highest BCUT2D eigenvalue weighted by Gasteiger charge is 2.10. The fourth-order valence-corrected chi connectivity index (χ4v) is 2.84. The minimum atomic E-state index is 0.414. The summed E-state index contributed by atoms with van der Waals surface area (Å²) in [6, 6.07) is 15.4. The van der Waals surface area contributed by atoms with Gasteiger partial charge in [-0.25, -0.2) is 4.98 Å². The Morgan fingerprint density at radius 1 is 1.14 bits per heavy atom. The highest BCUT2D eigenvalue weighted by Crippen LogP contribution is 2.25. The molecule has 0 saturated heterocycles. The number of nitrogens with one attached hydrogen (secondary N) is 1. The molecule has 0 amide bonds. The predicted octanol–water partition coefficient (Wildman–Crippen LogP) is 4.06. The normalized spacial score (nSPS) is 12.7. The van der Waals surface area contributed by atoms with Gasteiger partial charge >= 0.3 is 0 Å². The van der Waals surface area contributed by atoms with Crippen LogP contribution in [0.15, 0.2) is 54.9 Å².